The third kappa shape index (κ3) is 5.17. The smallest absolute Gasteiger partial charge is 0.412 e. The number of nitrogens with zero attached hydrogens (tertiary/aromatic N) is 4. The van der Waals surface area contributed by atoms with Crippen LogP contribution in [0.15, 0.2) is 48.7 Å². The second kappa shape index (κ2) is 10.2. The molecule has 2 saturated heterocycles. The average molecular weight is 587 g/mol. The first kappa shape index (κ1) is 27.3. The molecule has 2 atom stereocenters. The number of carbonyl (C=O) groups excluding carboxylic acids is 2. The lowest BCUT2D eigenvalue weighted by molar-refractivity contribution is 0.0140. The van der Waals surface area contributed by atoms with Crippen LogP contribution in [0.5, 0.6) is 0 Å². The van der Waals surface area contributed by atoms with Gasteiger partial charge < -0.3 is 15.0 Å². The molecule has 2 amide bonds. The Bertz CT molecular complexity index is 1520. The molecule has 2 aromatic carbocycles. The third-order valence-electron chi connectivity index (χ3n) is 7.86. The van der Waals surface area contributed by atoms with Gasteiger partial charge in [0.15, 0.2) is 17.2 Å². The first-order valence-electron chi connectivity index (χ1n) is 13.0. The average Bonchev–Trinajstić information content (AvgIpc) is 3.48. The fourth-order valence-electron chi connectivity index (χ4n) is 5.86. The summed E-state index contributed by atoms with van der Waals surface area (Å²) in [4.78, 5) is 28.6. The van der Waals surface area contributed by atoms with E-state index in [9.17, 15) is 18.4 Å². The van der Waals surface area contributed by atoms with E-state index >= 15 is 4.39 Å². The van der Waals surface area contributed by atoms with Crippen molar-refractivity contribution >= 4 is 35.1 Å². The second-order valence-corrected chi connectivity index (χ2v) is 11.1. The zero-order chi connectivity index (χ0) is 28.9. The summed E-state index contributed by atoms with van der Waals surface area (Å²) < 4.78 is 48.2. The molecule has 41 heavy (non-hydrogen) atoms. The Morgan fingerprint density at radius 1 is 1.22 bits per heavy atom. The maximum absolute atomic E-state index is 15.1. The Labute approximate surface area is 238 Å². The molecule has 1 unspecified atom stereocenters. The number of aromatic nitrogens is 2. The van der Waals surface area contributed by atoms with Gasteiger partial charge in [0.05, 0.1) is 41.1 Å². The lowest BCUT2D eigenvalue weighted by Crippen LogP contribution is -2.42. The molecule has 3 aliphatic heterocycles. The predicted molar refractivity (Wildman–Crippen MR) is 145 cm³/mol. The van der Waals surface area contributed by atoms with E-state index < -0.39 is 23.4 Å². The number of ether oxygens (including phenoxy) is 1. The van der Waals surface area contributed by atoms with E-state index in [1.165, 1.54) is 18.3 Å². The molecule has 0 radical (unpaired) electrons. The molecule has 3 aliphatic rings. The first-order chi connectivity index (χ1) is 19.5. The van der Waals surface area contributed by atoms with Crippen LogP contribution < -0.4 is 15.5 Å². The maximum Gasteiger partial charge on any atom is 0.412 e. The molecule has 9 nitrogen and oxygen atoms in total. The van der Waals surface area contributed by atoms with Gasteiger partial charge in [-0.25, -0.2) is 18.0 Å². The summed E-state index contributed by atoms with van der Waals surface area (Å²) >= 11 is 6.03. The van der Waals surface area contributed by atoms with Crippen molar-refractivity contribution in [1.29, 1.82) is 0 Å². The number of hydrogen-bond acceptors (Lipinski definition) is 7. The van der Waals surface area contributed by atoms with Crippen molar-refractivity contribution in [2.75, 3.05) is 36.9 Å². The Hall–Kier alpha value is -3.90. The van der Waals surface area contributed by atoms with Crippen LogP contribution in [0.2, 0.25) is 5.02 Å². The standard InChI is InChI=1S/C28H26ClF3N6O3/c1-37-15-28(31,32)11-21(37)17-4-2-16(3-5-17)12-33-25(39)18-10-22(36-34-13-18)38-9-8-27(14-38)23-20(35-26(40)41-27)7-6-19(29)24(23)30/h2-7,10,13,21H,8-9,11-12,14-15H2,1H3,(H,33,39)(H,35,40)/t21?,27-/m1/s1. The zero-order valence-corrected chi connectivity index (χ0v) is 22.7. The van der Waals surface area contributed by atoms with Crippen molar-refractivity contribution in [1.82, 2.24) is 20.4 Å². The molecule has 2 fully saturated rings. The summed E-state index contributed by atoms with van der Waals surface area (Å²) in [5.41, 5.74) is 1.07. The molecular weight excluding hydrogens is 561 g/mol. The Kier molecular flexibility index (Phi) is 6.77. The van der Waals surface area contributed by atoms with E-state index in [1.807, 2.05) is 12.1 Å². The van der Waals surface area contributed by atoms with Crippen LogP contribution in [0.4, 0.5) is 29.5 Å². The molecule has 0 bridgehead atoms. The van der Waals surface area contributed by atoms with Crippen LogP contribution >= 0.6 is 11.6 Å². The van der Waals surface area contributed by atoms with E-state index in [-0.39, 0.29) is 60.6 Å². The van der Waals surface area contributed by atoms with Gasteiger partial charge in [0.25, 0.3) is 11.8 Å². The SMILES string of the molecule is CN1CC(F)(F)CC1c1ccc(CNC(=O)c2cnnc(N3CC[C@]4(C3)OC(=O)Nc3ccc(Cl)c(F)c34)c2)cc1. The van der Waals surface area contributed by atoms with Gasteiger partial charge in [-0.15, -0.1) is 5.10 Å². The number of hydrogen-bond donors (Lipinski definition) is 2. The summed E-state index contributed by atoms with van der Waals surface area (Å²) in [5.74, 6) is -3.38. The minimum atomic E-state index is -2.70. The van der Waals surface area contributed by atoms with Crippen molar-refractivity contribution in [3.05, 3.63) is 81.8 Å². The molecule has 3 aromatic rings. The molecule has 0 aliphatic carbocycles. The number of alkyl halides is 2. The van der Waals surface area contributed by atoms with Crippen molar-refractivity contribution in [3.8, 4) is 0 Å². The van der Waals surface area contributed by atoms with E-state index in [0.717, 1.165) is 11.1 Å². The molecule has 13 heteroatoms. The van der Waals surface area contributed by atoms with Crippen LogP contribution in [-0.4, -0.2) is 59.7 Å². The predicted octanol–water partition coefficient (Wildman–Crippen LogP) is 4.88. The largest absolute Gasteiger partial charge is 0.436 e. The van der Waals surface area contributed by atoms with Gasteiger partial charge in [-0.05, 0) is 36.4 Å². The zero-order valence-electron chi connectivity index (χ0n) is 22.0. The monoisotopic (exact) mass is 586 g/mol. The topological polar surface area (TPSA) is 99.7 Å². The van der Waals surface area contributed by atoms with Crippen LogP contribution in [0, 0.1) is 5.82 Å². The highest BCUT2D eigenvalue weighted by Crippen LogP contribution is 2.46. The molecule has 1 aromatic heterocycles. The fraction of sp³-hybridized carbons (Fsp3) is 0.357. The van der Waals surface area contributed by atoms with Crippen LogP contribution in [-0.2, 0) is 16.9 Å². The summed E-state index contributed by atoms with van der Waals surface area (Å²) in [5, 5.41) is 13.4. The molecular formula is C28H26ClF3N6O3. The first-order valence-corrected chi connectivity index (χ1v) is 13.4. The van der Waals surface area contributed by atoms with Gasteiger partial charge in [0.2, 0.25) is 0 Å². The van der Waals surface area contributed by atoms with E-state index in [4.69, 9.17) is 16.3 Å². The van der Waals surface area contributed by atoms with Gasteiger partial charge in [-0.3, -0.25) is 15.0 Å². The Morgan fingerprint density at radius 3 is 2.73 bits per heavy atom. The summed E-state index contributed by atoms with van der Waals surface area (Å²) in [6.45, 7) is 0.419. The quantitative estimate of drug-likeness (QED) is 0.440. The van der Waals surface area contributed by atoms with Crippen molar-refractivity contribution in [2.45, 2.75) is 37.0 Å². The lowest BCUT2D eigenvalue weighted by atomic mass is 9.89. The van der Waals surface area contributed by atoms with E-state index in [1.54, 1.807) is 35.0 Å². The highest BCUT2D eigenvalue weighted by Gasteiger charge is 2.50. The van der Waals surface area contributed by atoms with E-state index in [0.29, 0.717) is 18.1 Å². The Balaban J connectivity index is 1.13. The Morgan fingerprint density at radius 2 is 2.00 bits per heavy atom. The number of amides is 2. The number of anilines is 2. The van der Waals surface area contributed by atoms with Crippen LogP contribution in [0.25, 0.3) is 0 Å². The minimum Gasteiger partial charge on any atom is -0.436 e. The van der Waals surface area contributed by atoms with E-state index in [2.05, 4.69) is 20.8 Å². The van der Waals surface area contributed by atoms with Gasteiger partial charge >= 0.3 is 6.09 Å². The highest BCUT2D eigenvalue weighted by molar-refractivity contribution is 6.31. The molecule has 2 N–H and O–H groups in total. The van der Waals surface area contributed by atoms with Gasteiger partial charge in [-0.2, -0.15) is 5.10 Å². The number of rotatable bonds is 5. The highest BCUT2D eigenvalue weighted by atomic mass is 35.5. The summed E-state index contributed by atoms with van der Waals surface area (Å²) in [7, 11) is 1.68. The van der Waals surface area contributed by atoms with Crippen molar-refractivity contribution in [3.63, 3.8) is 0 Å². The summed E-state index contributed by atoms with van der Waals surface area (Å²) in [6.07, 6.45) is 0.710. The number of benzene rings is 2. The molecule has 1 spiro atoms. The van der Waals surface area contributed by atoms with Crippen molar-refractivity contribution < 1.29 is 27.5 Å². The van der Waals surface area contributed by atoms with Gasteiger partial charge in [-0.1, -0.05) is 35.9 Å². The lowest BCUT2D eigenvalue weighted by Gasteiger charge is -2.35. The molecule has 0 saturated carbocycles. The van der Waals surface area contributed by atoms with Crippen LogP contribution in [0.3, 0.4) is 0 Å². The second-order valence-electron chi connectivity index (χ2n) is 10.7. The van der Waals surface area contributed by atoms with Gasteiger partial charge in [0.1, 0.15) is 0 Å². The third-order valence-corrected chi connectivity index (χ3v) is 8.15. The van der Waals surface area contributed by atoms with Crippen LogP contribution in [0.1, 0.15) is 45.9 Å². The summed E-state index contributed by atoms with van der Waals surface area (Å²) in [6, 6.07) is 11.4. The normalized spacial score (nSPS) is 23.3. The minimum absolute atomic E-state index is 0.0816. The molecule has 4 heterocycles. The maximum atomic E-state index is 15.1. The number of likely N-dealkylation sites (tertiary alicyclic amines) is 1. The molecule has 214 valence electrons. The molecule has 6 rings (SSSR count). The van der Waals surface area contributed by atoms with Gasteiger partial charge in [0, 0.05) is 32.0 Å². The van der Waals surface area contributed by atoms with Crippen molar-refractivity contribution in [2.24, 2.45) is 0 Å². The number of nitrogens with one attached hydrogen (secondary N) is 2. The number of halogens is 4. The number of fused-ring (bicyclic) bond motifs is 2. The number of carbonyl (C=O) groups is 2. The fourth-order valence-corrected chi connectivity index (χ4v) is 6.01.